The average molecular weight is 396 g/mol. The van der Waals surface area contributed by atoms with Gasteiger partial charge in [-0.3, -0.25) is 9.59 Å². The van der Waals surface area contributed by atoms with Crippen molar-refractivity contribution in [2.75, 3.05) is 26.2 Å². The number of hydrogen-bond acceptors (Lipinski definition) is 4. The summed E-state index contributed by atoms with van der Waals surface area (Å²) in [7, 11) is 0. The summed E-state index contributed by atoms with van der Waals surface area (Å²) in [6.07, 6.45) is 3.72. The quantitative estimate of drug-likeness (QED) is 0.792. The van der Waals surface area contributed by atoms with E-state index in [1.54, 1.807) is 0 Å². The van der Waals surface area contributed by atoms with Crippen LogP contribution in [0.15, 0.2) is 22.6 Å². The highest BCUT2D eigenvalue weighted by Gasteiger charge is 2.31. The molecular formula is C23H29N3O3. The number of piperidine rings is 1. The van der Waals surface area contributed by atoms with Gasteiger partial charge in [0.15, 0.2) is 11.6 Å². The van der Waals surface area contributed by atoms with E-state index in [-0.39, 0.29) is 17.7 Å². The molecule has 2 amide bonds. The molecule has 154 valence electrons. The number of oxazole rings is 1. The smallest absolute Gasteiger partial charge is 0.276 e. The minimum atomic E-state index is -0.0162. The summed E-state index contributed by atoms with van der Waals surface area (Å²) in [6, 6.07) is 5.96. The molecule has 6 heteroatoms. The lowest BCUT2D eigenvalue weighted by Crippen LogP contribution is -2.38. The van der Waals surface area contributed by atoms with Gasteiger partial charge in [0.1, 0.15) is 5.76 Å². The number of hydrogen-bond donors (Lipinski definition) is 0. The lowest BCUT2D eigenvalue weighted by Gasteiger charge is -2.31. The summed E-state index contributed by atoms with van der Waals surface area (Å²) in [5, 5.41) is 0. The third-order valence-electron chi connectivity index (χ3n) is 6.15. The van der Waals surface area contributed by atoms with Crippen molar-refractivity contribution < 1.29 is 14.0 Å². The monoisotopic (exact) mass is 395 g/mol. The molecule has 0 radical (unpaired) electrons. The van der Waals surface area contributed by atoms with Crippen molar-refractivity contribution in [1.29, 1.82) is 0 Å². The van der Waals surface area contributed by atoms with Crippen LogP contribution in [-0.2, 0) is 0 Å². The Morgan fingerprint density at radius 2 is 1.62 bits per heavy atom. The highest BCUT2D eigenvalue weighted by molar-refractivity contribution is 5.96. The Morgan fingerprint density at radius 3 is 2.28 bits per heavy atom. The van der Waals surface area contributed by atoms with E-state index in [1.807, 2.05) is 42.7 Å². The van der Waals surface area contributed by atoms with E-state index in [1.165, 1.54) is 0 Å². The van der Waals surface area contributed by atoms with Crippen LogP contribution in [0.3, 0.4) is 0 Å². The number of carbonyl (C=O) groups excluding carboxylic acids is 2. The van der Waals surface area contributed by atoms with Crippen LogP contribution >= 0.6 is 0 Å². The SMILES string of the molecule is Cc1ccc(C(=O)N2CCC(c3nc(C(=O)N4CCCC4)c(C)o3)CC2)c(C)c1. The average Bonchev–Trinajstić information content (AvgIpc) is 3.37. The van der Waals surface area contributed by atoms with Gasteiger partial charge in [0, 0.05) is 37.7 Å². The maximum atomic E-state index is 12.9. The second-order valence-corrected chi connectivity index (χ2v) is 8.34. The fraction of sp³-hybridized carbons (Fsp3) is 0.522. The van der Waals surface area contributed by atoms with E-state index < -0.39 is 0 Å². The molecule has 6 nitrogen and oxygen atoms in total. The summed E-state index contributed by atoms with van der Waals surface area (Å²) in [5.74, 6) is 1.47. The molecule has 1 aromatic heterocycles. The van der Waals surface area contributed by atoms with E-state index in [2.05, 4.69) is 11.1 Å². The minimum absolute atomic E-state index is 0.0162. The maximum Gasteiger partial charge on any atom is 0.276 e. The van der Waals surface area contributed by atoms with E-state index in [0.717, 1.165) is 55.5 Å². The molecule has 29 heavy (non-hydrogen) atoms. The molecular weight excluding hydrogens is 366 g/mol. The molecule has 0 N–H and O–H groups in total. The van der Waals surface area contributed by atoms with Gasteiger partial charge in [-0.25, -0.2) is 4.98 Å². The lowest BCUT2D eigenvalue weighted by atomic mass is 9.95. The van der Waals surface area contributed by atoms with E-state index in [0.29, 0.717) is 30.4 Å². The second-order valence-electron chi connectivity index (χ2n) is 8.34. The van der Waals surface area contributed by atoms with E-state index in [4.69, 9.17) is 4.42 Å². The number of amides is 2. The summed E-state index contributed by atoms with van der Waals surface area (Å²) >= 11 is 0. The summed E-state index contributed by atoms with van der Waals surface area (Å²) in [5.41, 5.74) is 3.41. The number of nitrogens with zero attached hydrogens (tertiary/aromatic N) is 3. The summed E-state index contributed by atoms with van der Waals surface area (Å²) < 4.78 is 5.89. The number of carbonyl (C=O) groups is 2. The van der Waals surface area contributed by atoms with Crippen LogP contribution in [0.2, 0.25) is 0 Å². The Hall–Kier alpha value is -2.63. The number of rotatable bonds is 3. The predicted molar refractivity (Wildman–Crippen MR) is 110 cm³/mol. The van der Waals surface area contributed by atoms with Crippen molar-refractivity contribution in [2.24, 2.45) is 0 Å². The lowest BCUT2D eigenvalue weighted by molar-refractivity contribution is 0.0705. The van der Waals surface area contributed by atoms with Crippen molar-refractivity contribution in [3.63, 3.8) is 0 Å². The largest absolute Gasteiger partial charge is 0.445 e. The molecule has 0 aliphatic carbocycles. The Labute approximate surface area is 171 Å². The second kappa shape index (κ2) is 8.01. The Balaban J connectivity index is 1.41. The van der Waals surface area contributed by atoms with Gasteiger partial charge in [0.2, 0.25) is 0 Å². The van der Waals surface area contributed by atoms with E-state index >= 15 is 0 Å². The minimum Gasteiger partial charge on any atom is -0.445 e. The maximum absolute atomic E-state index is 12.9. The molecule has 4 rings (SSSR count). The van der Waals surface area contributed by atoms with Crippen LogP contribution in [0.25, 0.3) is 0 Å². The van der Waals surface area contributed by atoms with Crippen molar-refractivity contribution in [3.05, 3.63) is 52.2 Å². The first-order valence-electron chi connectivity index (χ1n) is 10.6. The van der Waals surface area contributed by atoms with Crippen LogP contribution < -0.4 is 0 Å². The molecule has 1 aromatic carbocycles. The van der Waals surface area contributed by atoms with Gasteiger partial charge in [0.05, 0.1) is 0 Å². The third-order valence-corrected chi connectivity index (χ3v) is 6.15. The number of likely N-dealkylation sites (tertiary alicyclic amines) is 2. The standard InChI is InChI=1S/C23H29N3O3/c1-15-6-7-19(16(2)14-15)22(27)26-12-8-18(9-13-26)21-24-20(17(3)29-21)23(28)25-10-4-5-11-25/h6-7,14,18H,4-5,8-13H2,1-3H3. The molecule has 2 aromatic rings. The zero-order valence-corrected chi connectivity index (χ0v) is 17.5. The summed E-state index contributed by atoms with van der Waals surface area (Å²) in [6.45, 7) is 8.80. The fourth-order valence-corrected chi connectivity index (χ4v) is 4.41. The Kier molecular flexibility index (Phi) is 5.43. The third kappa shape index (κ3) is 3.93. The van der Waals surface area contributed by atoms with Gasteiger partial charge in [0.25, 0.3) is 11.8 Å². The van der Waals surface area contributed by atoms with Crippen molar-refractivity contribution in [3.8, 4) is 0 Å². The van der Waals surface area contributed by atoms with Gasteiger partial charge in [-0.1, -0.05) is 17.7 Å². The molecule has 0 atom stereocenters. The summed E-state index contributed by atoms with van der Waals surface area (Å²) in [4.78, 5) is 33.9. The normalized spacial score (nSPS) is 17.8. The van der Waals surface area contributed by atoms with Crippen LogP contribution in [0.4, 0.5) is 0 Å². The van der Waals surface area contributed by atoms with Crippen molar-refractivity contribution >= 4 is 11.8 Å². The molecule has 0 bridgehead atoms. The van der Waals surface area contributed by atoms with Gasteiger partial charge in [-0.2, -0.15) is 0 Å². The van der Waals surface area contributed by atoms with Crippen LogP contribution in [-0.4, -0.2) is 52.8 Å². The molecule has 0 saturated carbocycles. The molecule has 2 aliphatic rings. The predicted octanol–water partition coefficient (Wildman–Crippen LogP) is 3.86. The van der Waals surface area contributed by atoms with Gasteiger partial charge in [-0.15, -0.1) is 0 Å². The van der Waals surface area contributed by atoms with Gasteiger partial charge >= 0.3 is 0 Å². The fourth-order valence-electron chi connectivity index (χ4n) is 4.41. The number of aryl methyl sites for hydroxylation is 3. The number of benzene rings is 1. The highest BCUT2D eigenvalue weighted by atomic mass is 16.4. The van der Waals surface area contributed by atoms with Crippen molar-refractivity contribution in [1.82, 2.24) is 14.8 Å². The number of aromatic nitrogens is 1. The van der Waals surface area contributed by atoms with Crippen LogP contribution in [0.5, 0.6) is 0 Å². The zero-order chi connectivity index (χ0) is 20.5. The first-order chi connectivity index (χ1) is 13.9. The first-order valence-corrected chi connectivity index (χ1v) is 10.6. The van der Waals surface area contributed by atoms with Gasteiger partial charge < -0.3 is 14.2 Å². The first kappa shape index (κ1) is 19.7. The van der Waals surface area contributed by atoms with Crippen LogP contribution in [0, 0.1) is 20.8 Å². The molecule has 2 aliphatic heterocycles. The molecule has 2 fully saturated rings. The Morgan fingerprint density at radius 1 is 0.966 bits per heavy atom. The zero-order valence-electron chi connectivity index (χ0n) is 17.5. The molecule has 3 heterocycles. The molecule has 2 saturated heterocycles. The van der Waals surface area contributed by atoms with Gasteiger partial charge in [-0.05, 0) is 58.1 Å². The topological polar surface area (TPSA) is 66.7 Å². The molecule has 0 unspecified atom stereocenters. The van der Waals surface area contributed by atoms with E-state index in [9.17, 15) is 9.59 Å². The highest BCUT2D eigenvalue weighted by Crippen LogP contribution is 2.30. The molecule has 0 spiro atoms. The van der Waals surface area contributed by atoms with Crippen LogP contribution in [0.1, 0.15) is 75.2 Å². The Bertz CT molecular complexity index is 919. The van der Waals surface area contributed by atoms with Crippen molar-refractivity contribution in [2.45, 2.75) is 52.4 Å².